The molecule has 33 heavy (non-hydrogen) atoms. The van der Waals surface area contributed by atoms with E-state index in [1.807, 2.05) is 30.3 Å². The number of hydrogen-bond acceptors (Lipinski definition) is 5. The Hall–Kier alpha value is -3.19. The van der Waals surface area contributed by atoms with Gasteiger partial charge in [0.2, 0.25) is 11.8 Å². The normalized spacial score (nSPS) is 16.8. The van der Waals surface area contributed by atoms with Crippen molar-refractivity contribution < 1.29 is 19.1 Å². The summed E-state index contributed by atoms with van der Waals surface area (Å²) in [4.78, 5) is 38.3. The van der Waals surface area contributed by atoms with E-state index in [1.54, 1.807) is 30.3 Å². The predicted molar refractivity (Wildman–Crippen MR) is 126 cm³/mol. The highest BCUT2D eigenvalue weighted by atomic mass is 16.5. The molecule has 1 fully saturated rings. The summed E-state index contributed by atoms with van der Waals surface area (Å²) >= 11 is 0. The second-order valence-electron chi connectivity index (χ2n) is 8.92. The van der Waals surface area contributed by atoms with E-state index in [2.05, 4.69) is 10.6 Å². The fourth-order valence-electron chi connectivity index (χ4n) is 3.87. The number of hydrogen-bond donors (Lipinski definition) is 3. The number of nitrogens with two attached hydrogens (primary N) is 1. The Balaban J connectivity index is 1.64. The first-order chi connectivity index (χ1) is 15.8. The van der Waals surface area contributed by atoms with E-state index in [1.165, 1.54) is 13.3 Å². The summed E-state index contributed by atoms with van der Waals surface area (Å²) in [6.07, 6.45) is 5.60. The molecular weight excluding hydrogens is 418 g/mol. The van der Waals surface area contributed by atoms with Gasteiger partial charge in [0, 0.05) is 12.5 Å². The van der Waals surface area contributed by atoms with Crippen molar-refractivity contribution in [3.8, 4) is 0 Å². The molecule has 1 aliphatic rings. The number of benzene rings is 2. The summed E-state index contributed by atoms with van der Waals surface area (Å²) in [6.45, 7) is 1.17. The molecule has 0 spiro atoms. The molecule has 2 aromatic carbocycles. The van der Waals surface area contributed by atoms with E-state index in [9.17, 15) is 14.4 Å². The average molecular weight is 452 g/mol. The molecule has 1 aliphatic carbocycles. The summed E-state index contributed by atoms with van der Waals surface area (Å²) in [7, 11) is 0. The number of nitrogens with one attached hydrogen (secondary N) is 2. The zero-order chi connectivity index (χ0) is 23.7. The van der Waals surface area contributed by atoms with Crippen LogP contribution in [-0.2, 0) is 20.7 Å². The lowest BCUT2D eigenvalue weighted by Gasteiger charge is -2.29. The maximum absolute atomic E-state index is 13.1. The van der Waals surface area contributed by atoms with Crippen LogP contribution in [0.2, 0.25) is 0 Å². The lowest BCUT2D eigenvalue weighted by Crippen LogP contribution is -2.60. The number of amides is 2. The summed E-state index contributed by atoms with van der Waals surface area (Å²) in [5.74, 6) is -1.34. The maximum Gasteiger partial charge on any atom is 0.338 e. The van der Waals surface area contributed by atoms with Crippen LogP contribution in [0, 0.1) is 0 Å². The van der Waals surface area contributed by atoms with Gasteiger partial charge in [-0.15, -0.1) is 0 Å². The first kappa shape index (κ1) is 24.5. The van der Waals surface area contributed by atoms with Crippen LogP contribution in [-0.4, -0.2) is 42.0 Å². The molecule has 0 aliphatic heterocycles. The molecule has 176 valence electrons. The third-order valence-corrected chi connectivity index (χ3v) is 5.89. The molecule has 0 saturated heterocycles. The van der Waals surface area contributed by atoms with E-state index in [4.69, 9.17) is 10.5 Å². The van der Waals surface area contributed by atoms with E-state index in [-0.39, 0.29) is 18.6 Å². The zero-order valence-electron chi connectivity index (χ0n) is 19.1. The van der Waals surface area contributed by atoms with E-state index >= 15 is 0 Å². The Morgan fingerprint density at radius 1 is 1.00 bits per heavy atom. The second-order valence-corrected chi connectivity index (χ2v) is 8.92. The van der Waals surface area contributed by atoms with Crippen LogP contribution in [0.15, 0.2) is 60.7 Å². The van der Waals surface area contributed by atoms with Crippen molar-refractivity contribution in [3.63, 3.8) is 0 Å². The summed E-state index contributed by atoms with van der Waals surface area (Å²) in [6, 6.07) is 17.4. The third-order valence-electron chi connectivity index (χ3n) is 5.89. The van der Waals surface area contributed by atoms with Crippen LogP contribution in [0.1, 0.15) is 54.9 Å². The Morgan fingerprint density at radius 2 is 1.61 bits per heavy atom. The van der Waals surface area contributed by atoms with Crippen molar-refractivity contribution >= 4 is 17.8 Å². The maximum atomic E-state index is 13.1. The molecule has 2 atom stereocenters. The minimum atomic E-state index is -1.50. The fraction of sp³-hybridized carbons (Fsp3) is 0.423. The first-order valence-corrected chi connectivity index (χ1v) is 11.5. The van der Waals surface area contributed by atoms with Crippen molar-refractivity contribution in [3.05, 3.63) is 71.8 Å². The molecule has 3 rings (SSSR count). The van der Waals surface area contributed by atoms with Crippen LogP contribution in [0.3, 0.4) is 0 Å². The molecule has 0 radical (unpaired) electrons. The minimum absolute atomic E-state index is 0.123. The van der Waals surface area contributed by atoms with Gasteiger partial charge in [-0.3, -0.25) is 9.59 Å². The SMILES string of the molecule is C[C@@](N)(COC(=O)c1ccccc1)C(=O)N[C@@H](Cc1ccccc1)C(=O)NC1CCCCC1. The number of carbonyl (C=O) groups excluding carboxylic acids is 3. The predicted octanol–water partition coefficient (Wildman–Crippen LogP) is 2.74. The molecule has 2 aromatic rings. The summed E-state index contributed by atoms with van der Waals surface area (Å²) in [5, 5.41) is 5.88. The van der Waals surface area contributed by atoms with Gasteiger partial charge in [0.15, 0.2) is 0 Å². The monoisotopic (exact) mass is 451 g/mol. The van der Waals surface area contributed by atoms with Crippen molar-refractivity contribution in [2.24, 2.45) is 5.73 Å². The highest BCUT2D eigenvalue weighted by molar-refractivity contribution is 5.93. The number of rotatable bonds is 9. The van der Waals surface area contributed by atoms with Crippen LogP contribution < -0.4 is 16.4 Å². The molecule has 2 amide bonds. The molecule has 0 bridgehead atoms. The molecule has 7 nitrogen and oxygen atoms in total. The van der Waals surface area contributed by atoms with Crippen molar-refractivity contribution in [2.75, 3.05) is 6.61 Å². The van der Waals surface area contributed by atoms with Gasteiger partial charge in [-0.25, -0.2) is 4.79 Å². The fourth-order valence-corrected chi connectivity index (χ4v) is 3.87. The molecule has 0 aromatic heterocycles. The van der Waals surface area contributed by atoms with Gasteiger partial charge in [-0.05, 0) is 37.5 Å². The number of carbonyl (C=O) groups is 3. The van der Waals surface area contributed by atoms with Gasteiger partial charge < -0.3 is 21.1 Å². The molecule has 4 N–H and O–H groups in total. The molecular formula is C26H33N3O4. The largest absolute Gasteiger partial charge is 0.460 e. The summed E-state index contributed by atoms with van der Waals surface area (Å²) in [5.41, 5.74) is 6.00. The highest BCUT2D eigenvalue weighted by Gasteiger charge is 2.34. The Labute approximate surface area is 195 Å². The van der Waals surface area contributed by atoms with Crippen LogP contribution in [0.4, 0.5) is 0 Å². The Morgan fingerprint density at radius 3 is 2.24 bits per heavy atom. The zero-order valence-corrected chi connectivity index (χ0v) is 19.1. The number of ether oxygens (including phenoxy) is 1. The van der Waals surface area contributed by atoms with Gasteiger partial charge in [0.1, 0.15) is 18.2 Å². The Bertz CT molecular complexity index is 925. The Kier molecular flexibility index (Phi) is 8.60. The van der Waals surface area contributed by atoms with E-state index in [0.717, 1.165) is 31.2 Å². The number of esters is 1. The van der Waals surface area contributed by atoms with Gasteiger partial charge in [0.25, 0.3) is 0 Å². The van der Waals surface area contributed by atoms with Gasteiger partial charge in [-0.1, -0.05) is 67.8 Å². The lowest BCUT2D eigenvalue weighted by atomic mass is 9.94. The molecule has 0 unspecified atom stereocenters. The van der Waals surface area contributed by atoms with Crippen LogP contribution in [0.25, 0.3) is 0 Å². The molecule has 0 heterocycles. The lowest BCUT2D eigenvalue weighted by molar-refractivity contribution is -0.133. The standard InChI is InChI=1S/C26H33N3O4/c1-26(27,18-33-24(31)20-13-7-3-8-14-20)25(32)29-22(17-19-11-5-2-6-12-19)23(30)28-21-15-9-4-10-16-21/h2-3,5-8,11-14,21-22H,4,9-10,15-18,27H2,1H3,(H,28,30)(H,29,32)/t22-,26+/m0/s1. The van der Waals surface area contributed by atoms with E-state index in [0.29, 0.717) is 12.0 Å². The average Bonchev–Trinajstić information content (AvgIpc) is 2.84. The van der Waals surface area contributed by atoms with Crippen LogP contribution in [0.5, 0.6) is 0 Å². The molecule has 1 saturated carbocycles. The topological polar surface area (TPSA) is 111 Å². The first-order valence-electron chi connectivity index (χ1n) is 11.5. The molecule has 7 heteroatoms. The van der Waals surface area contributed by atoms with Crippen molar-refractivity contribution in [1.29, 1.82) is 0 Å². The van der Waals surface area contributed by atoms with Gasteiger partial charge in [-0.2, -0.15) is 0 Å². The van der Waals surface area contributed by atoms with Crippen molar-refractivity contribution in [2.45, 2.75) is 63.1 Å². The second kappa shape index (κ2) is 11.6. The third kappa shape index (κ3) is 7.43. The quantitative estimate of drug-likeness (QED) is 0.508. The van der Waals surface area contributed by atoms with Gasteiger partial charge in [0.05, 0.1) is 5.56 Å². The van der Waals surface area contributed by atoms with Gasteiger partial charge >= 0.3 is 5.97 Å². The van der Waals surface area contributed by atoms with E-state index < -0.39 is 23.5 Å². The summed E-state index contributed by atoms with van der Waals surface area (Å²) < 4.78 is 5.27. The van der Waals surface area contributed by atoms with Crippen LogP contribution >= 0.6 is 0 Å². The highest BCUT2D eigenvalue weighted by Crippen LogP contribution is 2.18. The van der Waals surface area contributed by atoms with Crippen molar-refractivity contribution in [1.82, 2.24) is 10.6 Å². The minimum Gasteiger partial charge on any atom is -0.460 e. The smallest absolute Gasteiger partial charge is 0.338 e.